The standard InChI is InChI=1S/C40H64O15/c1-19-33(45)25(42)15-31(50-19)55-35-21(3)52-32(17-27(35)49-7)54-34-20(2)51-30(16-26(34)43)53-24-9-10-36(5)23(14-24)8-11-39(47)28(36)18-29(44)37(6)38(46,22(4)41)12-13-40(37,39)48/h8,19-21,24-35,42-48H,9-18H2,1-7H3/t19-,20-,21+,24+,25+,26+,27-,28-,29-,30+,31+,32+,33-,34-,35+,36+,37-,38-,39+,40-/m1/s1. The summed E-state index contributed by atoms with van der Waals surface area (Å²) in [5.74, 6) is -1.03. The van der Waals surface area contributed by atoms with Crippen molar-refractivity contribution in [3.63, 3.8) is 0 Å². The van der Waals surface area contributed by atoms with Gasteiger partial charge in [-0.2, -0.15) is 0 Å². The fourth-order valence-corrected chi connectivity index (χ4v) is 11.8. The molecule has 314 valence electrons. The maximum atomic E-state index is 12.7. The predicted molar refractivity (Wildman–Crippen MR) is 192 cm³/mol. The molecule has 0 bridgehead atoms. The van der Waals surface area contributed by atoms with Crippen LogP contribution in [0.1, 0.15) is 106 Å². The van der Waals surface area contributed by atoms with Gasteiger partial charge < -0.3 is 68.9 Å². The molecule has 7 rings (SSSR count). The second kappa shape index (κ2) is 14.8. The van der Waals surface area contributed by atoms with Crippen molar-refractivity contribution >= 4 is 5.78 Å². The van der Waals surface area contributed by atoms with Gasteiger partial charge in [-0.15, -0.1) is 0 Å². The smallest absolute Gasteiger partial charge is 0.162 e. The third-order valence-corrected chi connectivity index (χ3v) is 15.4. The van der Waals surface area contributed by atoms with Gasteiger partial charge in [0.2, 0.25) is 0 Å². The molecule has 0 unspecified atom stereocenters. The fraction of sp³-hybridized carbons (Fsp3) is 0.925. The lowest BCUT2D eigenvalue weighted by atomic mass is 9.42. The zero-order valence-electron chi connectivity index (χ0n) is 33.2. The number of aliphatic hydroxyl groups excluding tert-OH is 4. The first kappa shape index (κ1) is 42.0. The second-order valence-electron chi connectivity index (χ2n) is 18.2. The summed E-state index contributed by atoms with van der Waals surface area (Å²) in [6.07, 6.45) is -5.16. The van der Waals surface area contributed by atoms with E-state index < -0.39 is 119 Å². The van der Waals surface area contributed by atoms with Crippen LogP contribution in [-0.2, 0) is 38.0 Å². The van der Waals surface area contributed by atoms with Gasteiger partial charge in [0.15, 0.2) is 24.7 Å². The summed E-state index contributed by atoms with van der Waals surface area (Å²) < 4.78 is 42.9. The summed E-state index contributed by atoms with van der Waals surface area (Å²) in [5.41, 5.74) is -6.59. The van der Waals surface area contributed by atoms with Gasteiger partial charge >= 0.3 is 0 Å². The van der Waals surface area contributed by atoms with Crippen molar-refractivity contribution in [3.05, 3.63) is 11.6 Å². The van der Waals surface area contributed by atoms with Crippen LogP contribution in [0.5, 0.6) is 0 Å². The number of fused-ring (bicyclic) bond motifs is 5. The Morgan fingerprint density at radius 1 is 0.782 bits per heavy atom. The Bertz CT molecular complexity index is 1440. The van der Waals surface area contributed by atoms with Gasteiger partial charge in [0.05, 0.1) is 54.2 Å². The Hall–Kier alpha value is -1.15. The van der Waals surface area contributed by atoms with Gasteiger partial charge in [0.1, 0.15) is 35.1 Å². The number of ketones is 1. The highest BCUT2D eigenvalue weighted by Crippen LogP contribution is 2.70. The third-order valence-electron chi connectivity index (χ3n) is 15.4. The van der Waals surface area contributed by atoms with E-state index in [1.54, 1.807) is 21.0 Å². The van der Waals surface area contributed by atoms with E-state index in [0.29, 0.717) is 25.7 Å². The minimum Gasteiger partial charge on any atom is -0.392 e. The SMILES string of the molecule is CO[C@@H]1C[C@H](O[C@H]2[C@@H](O)C[C@H](O[C@H]3CC[C@@]4(C)C(=CC[C@]5(O)[C@@H]4C[C@@H](O)[C@@]4(C)[C@]5(O)CC[C@@]4(O)C(C)=O)C3)O[C@@H]2C)O[C@@H](C)[C@@H]1O[C@H]1C[C@H](O)[C@H](O)[C@@H](C)O1. The quantitative estimate of drug-likeness (QED) is 0.172. The van der Waals surface area contributed by atoms with Crippen LogP contribution in [0.25, 0.3) is 0 Å². The molecule has 0 aromatic heterocycles. The maximum Gasteiger partial charge on any atom is 0.162 e. The molecule has 15 nitrogen and oxygen atoms in total. The predicted octanol–water partition coefficient (Wildman–Crippen LogP) is 1.13. The maximum absolute atomic E-state index is 12.7. The van der Waals surface area contributed by atoms with Crippen LogP contribution in [0.2, 0.25) is 0 Å². The first-order valence-electron chi connectivity index (χ1n) is 20.3. The van der Waals surface area contributed by atoms with Crippen LogP contribution in [0.4, 0.5) is 0 Å². The molecule has 0 spiro atoms. The van der Waals surface area contributed by atoms with Crippen molar-refractivity contribution in [1.29, 1.82) is 0 Å². The van der Waals surface area contributed by atoms with Crippen LogP contribution in [0.3, 0.4) is 0 Å². The molecule has 3 aliphatic heterocycles. The minimum atomic E-state index is -1.95. The molecular formula is C40H64O15. The van der Waals surface area contributed by atoms with Crippen LogP contribution in [0, 0.1) is 16.7 Å². The number of Topliss-reactive ketones (excluding diaryl/α,β-unsaturated/α-hetero) is 1. The molecule has 7 aliphatic rings. The van der Waals surface area contributed by atoms with E-state index in [1.165, 1.54) is 6.92 Å². The molecule has 7 N–H and O–H groups in total. The Balaban J connectivity index is 0.954. The van der Waals surface area contributed by atoms with Gasteiger partial charge in [-0.1, -0.05) is 25.5 Å². The summed E-state index contributed by atoms with van der Waals surface area (Å²) in [4.78, 5) is 12.7. The molecule has 3 saturated heterocycles. The van der Waals surface area contributed by atoms with Crippen LogP contribution < -0.4 is 0 Å². The van der Waals surface area contributed by atoms with Crippen molar-refractivity contribution in [2.75, 3.05) is 7.11 Å². The number of ether oxygens (including phenoxy) is 7. The van der Waals surface area contributed by atoms with E-state index in [9.17, 15) is 40.5 Å². The number of carbonyl (C=O) groups is 1. The Kier molecular flexibility index (Phi) is 11.3. The minimum absolute atomic E-state index is 0.000119. The molecule has 3 saturated carbocycles. The van der Waals surface area contributed by atoms with E-state index in [1.807, 2.05) is 19.9 Å². The second-order valence-corrected chi connectivity index (χ2v) is 18.2. The number of hydrogen-bond donors (Lipinski definition) is 7. The molecule has 0 amide bonds. The number of carbonyl (C=O) groups excluding carboxylic acids is 1. The average molecular weight is 785 g/mol. The van der Waals surface area contributed by atoms with Gasteiger partial charge in [0.25, 0.3) is 0 Å². The van der Waals surface area contributed by atoms with Crippen LogP contribution in [0.15, 0.2) is 11.6 Å². The van der Waals surface area contributed by atoms with Gasteiger partial charge in [0, 0.05) is 32.3 Å². The Morgan fingerprint density at radius 2 is 1.38 bits per heavy atom. The Labute approximate surface area is 323 Å². The van der Waals surface area contributed by atoms with Gasteiger partial charge in [-0.05, 0) is 78.1 Å². The first-order chi connectivity index (χ1) is 25.7. The zero-order valence-corrected chi connectivity index (χ0v) is 33.2. The van der Waals surface area contributed by atoms with Crippen molar-refractivity contribution in [3.8, 4) is 0 Å². The number of rotatable bonds is 8. The van der Waals surface area contributed by atoms with Gasteiger partial charge in [-0.3, -0.25) is 4.79 Å². The summed E-state index contributed by atoms with van der Waals surface area (Å²) in [6.45, 7) is 10.2. The summed E-state index contributed by atoms with van der Waals surface area (Å²) in [7, 11) is 1.57. The number of aliphatic hydroxyl groups is 7. The van der Waals surface area contributed by atoms with Crippen molar-refractivity contribution < 1.29 is 73.7 Å². The van der Waals surface area contributed by atoms with E-state index in [-0.39, 0.29) is 44.6 Å². The highest BCUT2D eigenvalue weighted by Gasteiger charge is 2.80. The summed E-state index contributed by atoms with van der Waals surface area (Å²) in [5, 5.41) is 79.4. The molecular weight excluding hydrogens is 720 g/mol. The molecule has 0 aromatic rings. The van der Waals surface area contributed by atoms with Crippen molar-refractivity contribution in [1.82, 2.24) is 0 Å². The lowest BCUT2D eigenvalue weighted by Gasteiger charge is -2.66. The summed E-state index contributed by atoms with van der Waals surface area (Å²) in [6, 6.07) is 0. The number of methoxy groups -OCH3 is 1. The zero-order chi connectivity index (χ0) is 40.0. The molecule has 4 aliphatic carbocycles. The molecule has 6 fully saturated rings. The molecule has 15 heteroatoms. The van der Waals surface area contributed by atoms with E-state index in [0.717, 1.165) is 5.57 Å². The molecule has 55 heavy (non-hydrogen) atoms. The molecule has 0 radical (unpaired) electrons. The van der Waals surface area contributed by atoms with Crippen molar-refractivity contribution in [2.45, 2.75) is 209 Å². The average Bonchev–Trinajstić information content (AvgIpc) is 3.35. The molecule has 3 heterocycles. The Morgan fingerprint density at radius 3 is 2.02 bits per heavy atom. The fourth-order valence-electron chi connectivity index (χ4n) is 11.8. The van der Waals surface area contributed by atoms with Gasteiger partial charge in [-0.25, -0.2) is 0 Å². The van der Waals surface area contributed by atoms with E-state index >= 15 is 0 Å². The highest BCUT2D eigenvalue weighted by molar-refractivity contribution is 5.87. The highest BCUT2D eigenvalue weighted by atomic mass is 16.7. The molecule has 0 aromatic carbocycles. The topological polar surface area (TPSA) is 223 Å². The van der Waals surface area contributed by atoms with E-state index in [2.05, 4.69) is 6.92 Å². The normalized spacial score (nSPS) is 55.5. The third kappa shape index (κ3) is 6.51. The van der Waals surface area contributed by atoms with Crippen LogP contribution >= 0.6 is 0 Å². The largest absolute Gasteiger partial charge is 0.392 e. The lowest BCUT2D eigenvalue weighted by Crippen LogP contribution is -2.78. The first-order valence-corrected chi connectivity index (χ1v) is 20.3. The summed E-state index contributed by atoms with van der Waals surface area (Å²) >= 11 is 0. The monoisotopic (exact) mass is 784 g/mol. The number of hydrogen-bond acceptors (Lipinski definition) is 15. The van der Waals surface area contributed by atoms with Crippen molar-refractivity contribution in [2.24, 2.45) is 16.7 Å². The van der Waals surface area contributed by atoms with E-state index in [4.69, 9.17) is 33.2 Å². The lowest BCUT2D eigenvalue weighted by molar-refractivity contribution is -0.337. The molecule has 20 atom stereocenters. The van der Waals surface area contributed by atoms with Crippen LogP contribution in [-0.4, -0.2) is 151 Å².